The maximum absolute atomic E-state index is 12.9. The number of rotatable bonds is 63. The summed E-state index contributed by atoms with van der Waals surface area (Å²) < 4.78 is 17.0. The second-order valence-corrected chi connectivity index (χ2v) is 23.7. The van der Waals surface area contributed by atoms with Gasteiger partial charge in [-0.05, 0) is 25.2 Å². The fourth-order valence-corrected chi connectivity index (χ4v) is 10.7. The molecular formula is C68H132O6. The van der Waals surface area contributed by atoms with Crippen LogP contribution in [0.1, 0.15) is 394 Å². The maximum Gasteiger partial charge on any atom is 0.306 e. The van der Waals surface area contributed by atoms with Crippen LogP contribution in [0.25, 0.3) is 0 Å². The van der Waals surface area contributed by atoms with E-state index in [2.05, 4.69) is 27.7 Å². The number of carbonyl (C=O) groups excluding carboxylic acids is 3. The zero-order valence-electron chi connectivity index (χ0n) is 50.8. The molecule has 0 saturated carbocycles. The Kier molecular flexibility index (Phi) is 60.9. The second kappa shape index (κ2) is 62.3. The van der Waals surface area contributed by atoms with Crippen molar-refractivity contribution in [3.63, 3.8) is 0 Å². The fraction of sp³-hybridized carbons (Fsp3) is 0.956. The molecule has 0 aromatic carbocycles. The summed E-state index contributed by atoms with van der Waals surface area (Å²) in [6.45, 7) is 9.15. The average molecular weight is 1050 g/mol. The zero-order valence-corrected chi connectivity index (χ0v) is 50.8. The molecule has 0 aliphatic carbocycles. The van der Waals surface area contributed by atoms with Gasteiger partial charge in [0.05, 0.1) is 0 Å². The van der Waals surface area contributed by atoms with Crippen LogP contribution in [0.2, 0.25) is 0 Å². The first-order valence-electron chi connectivity index (χ1n) is 33.9. The number of hydrogen-bond acceptors (Lipinski definition) is 6. The minimum absolute atomic E-state index is 0.0607. The van der Waals surface area contributed by atoms with E-state index in [1.54, 1.807) is 0 Å². The van der Waals surface area contributed by atoms with Crippen LogP contribution in [0.15, 0.2) is 0 Å². The molecule has 0 heterocycles. The molecule has 0 aliphatic rings. The summed E-state index contributed by atoms with van der Waals surface area (Å²) in [5.41, 5.74) is 0. The first-order chi connectivity index (χ1) is 36.4. The molecule has 0 bridgehead atoms. The number of hydrogen-bond donors (Lipinski definition) is 0. The van der Waals surface area contributed by atoms with E-state index < -0.39 is 6.10 Å². The lowest BCUT2D eigenvalue weighted by Crippen LogP contribution is -2.30. The van der Waals surface area contributed by atoms with Crippen molar-refractivity contribution in [2.45, 2.75) is 400 Å². The van der Waals surface area contributed by atoms with Gasteiger partial charge in [-0.3, -0.25) is 14.4 Å². The number of esters is 3. The van der Waals surface area contributed by atoms with Crippen molar-refractivity contribution in [1.29, 1.82) is 0 Å². The molecule has 0 aromatic heterocycles. The molecule has 0 aromatic rings. The summed E-state index contributed by atoms with van der Waals surface area (Å²) in [4.78, 5) is 38.4. The van der Waals surface area contributed by atoms with Crippen molar-refractivity contribution in [3.05, 3.63) is 0 Å². The Balaban J connectivity index is 4.26. The van der Waals surface area contributed by atoms with Crippen molar-refractivity contribution in [2.24, 2.45) is 5.92 Å². The summed E-state index contributed by atoms with van der Waals surface area (Å²) >= 11 is 0. The van der Waals surface area contributed by atoms with Gasteiger partial charge < -0.3 is 14.2 Å². The van der Waals surface area contributed by atoms with Gasteiger partial charge in [0.25, 0.3) is 0 Å². The van der Waals surface area contributed by atoms with Crippen LogP contribution in [0, 0.1) is 5.92 Å². The fourth-order valence-electron chi connectivity index (χ4n) is 10.7. The number of ether oxygens (including phenoxy) is 3. The Hall–Kier alpha value is -1.59. The van der Waals surface area contributed by atoms with Crippen molar-refractivity contribution in [2.75, 3.05) is 13.2 Å². The highest BCUT2D eigenvalue weighted by Gasteiger charge is 2.19. The molecule has 6 heteroatoms. The molecule has 0 aliphatic heterocycles. The van der Waals surface area contributed by atoms with Crippen LogP contribution in [-0.2, 0) is 28.6 Å². The Morgan fingerprint density at radius 1 is 0.270 bits per heavy atom. The third kappa shape index (κ3) is 59.7. The predicted molar refractivity (Wildman–Crippen MR) is 321 cm³/mol. The van der Waals surface area contributed by atoms with E-state index in [-0.39, 0.29) is 31.1 Å². The highest BCUT2D eigenvalue weighted by molar-refractivity contribution is 5.71. The lowest BCUT2D eigenvalue weighted by atomic mass is 9.99. The maximum atomic E-state index is 12.9. The van der Waals surface area contributed by atoms with Crippen molar-refractivity contribution < 1.29 is 28.6 Å². The van der Waals surface area contributed by atoms with E-state index in [1.165, 1.54) is 289 Å². The van der Waals surface area contributed by atoms with E-state index in [9.17, 15) is 14.4 Å². The first-order valence-corrected chi connectivity index (χ1v) is 33.9. The first kappa shape index (κ1) is 72.4. The smallest absolute Gasteiger partial charge is 0.306 e. The van der Waals surface area contributed by atoms with Gasteiger partial charge in [0.15, 0.2) is 6.10 Å². The normalized spacial score (nSPS) is 12.3. The lowest BCUT2D eigenvalue weighted by Gasteiger charge is -2.18. The van der Waals surface area contributed by atoms with Gasteiger partial charge in [-0.1, -0.05) is 355 Å². The van der Waals surface area contributed by atoms with Gasteiger partial charge in [0, 0.05) is 19.3 Å². The molecule has 6 nitrogen and oxygen atoms in total. The van der Waals surface area contributed by atoms with Crippen molar-refractivity contribution in [3.8, 4) is 0 Å². The molecule has 0 radical (unpaired) electrons. The Morgan fingerprint density at radius 2 is 0.473 bits per heavy atom. The standard InChI is InChI=1S/C68H132O6/c1-5-8-10-12-14-16-18-20-22-26-31-35-39-43-47-51-55-59-66(69)72-62-65(74-68(71)61-57-53-49-45-41-37-33-27-23-21-19-17-15-13-11-9-6-2)63-73-67(70)60-56-52-48-44-40-36-32-29-25-24-28-30-34-38-42-46-50-54-58-64(4)7-3/h64-65H,5-63H2,1-4H3/t64?,65-/m1/s1. The monoisotopic (exact) mass is 1050 g/mol. The molecule has 0 N–H and O–H groups in total. The average Bonchev–Trinajstić information content (AvgIpc) is 3.40. The van der Waals surface area contributed by atoms with Crippen LogP contribution < -0.4 is 0 Å². The zero-order chi connectivity index (χ0) is 53.7. The largest absolute Gasteiger partial charge is 0.462 e. The van der Waals surface area contributed by atoms with E-state index in [4.69, 9.17) is 14.2 Å². The molecular weight excluding hydrogens is 913 g/mol. The van der Waals surface area contributed by atoms with Crippen LogP contribution in [0.3, 0.4) is 0 Å². The molecule has 2 atom stereocenters. The van der Waals surface area contributed by atoms with Crippen LogP contribution in [0.5, 0.6) is 0 Å². The second-order valence-electron chi connectivity index (χ2n) is 23.7. The lowest BCUT2D eigenvalue weighted by molar-refractivity contribution is -0.167. The minimum atomic E-state index is -0.763. The Bertz CT molecular complexity index is 1120. The van der Waals surface area contributed by atoms with Gasteiger partial charge in [0.2, 0.25) is 0 Å². The Labute approximate surface area is 463 Å². The van der Waals surface area contributed by atoms with E-state index in [0.717, 1.165) is 63.7 Å². The minimum Gasteiger partial charge on any atom is -0.462 e. The molecule has 0 amide bonds. The molecule has 74 heavy (non-hydrogen) atoms. The van der Waals surface area contributed by atoms with Gasteiger partial charge in [-0.15, -0.1) is 0 Å². The number of carbonyl (C=O) groups is 3. The van der Waals surface area contributed by atoms with E-state index in [1.807, 2.05) is 0 Å². The predicted octanol–water partition coefficient (Wildman–Crippen LogP) is 22.9. The summed E-state index contributed by atoms with van der Waals surface area (Å²) in [6.07, 6.45) is 71.0. The van der Waals surface area contributed by atoms with Crippen LogP contribution >= 0.6 is 0 Å². The summed E-state index contributed by atoms with van der Waals surface area (Å²) in [7, 11) is 0. The SMILES string of the molecule is CCCCCCCCCCCCCCCCCCCC(=O)OC[C@H](COC(=O)CCCCCCCCCCCCCCCCCCCCC(C)CC)OC(=O)CCCCCCCCCCCCCCCCCCC. The molecule has 0 saturated heterocycles. The summed E-state index contributed by atoms with van der Waals surface area (Å²) in [5, 5.41) is 0. The third-order valence-corrected chi connectivity index (χ3v) is 16.2. The van der Waals surface area contributed by atoms with Crippen LogP contribution in [0.4, 0.5) is 0 Å². The van der Waals surface area contributed by atoms with Gasteiger partial charge in [-0.2, -0.15) is 0 Å². The molecule has 0 spiro atoms. The Morgan fingerprint density at radius 3 is 0.703 bits per heavy atom. The quantitative estimate of drug-likeness (QED) is 0.0343. The molecule has 0 fully saturated rings. The molecule has 1 unspecified atom stereocenters. The number of unbranched alkanes of at least 4 members (excludes halogenated alkanes) is 49. The van der Waals surface area contributed by atoms with Gasteiger partial charge >= 0.3 is 17.9 Å². The van der Waals surface area contributed by atoms with Gasteiger partial charge in [0.1, 0.15) is 13.2 Å². The van der Waals surface area contributed by atoms with Crippen molar-refractivity contribution in [1.82, 2.24) is 0 Å². The summed E-state index contributed by atoms with van der Waals surface area (Å²) in [6, 6.07) is 0. The highest BCUT2D eigenvalue weighted by atomic mass is 16.6. The highest BCUT2D eigenvalue weighted by Crippen LogP contribution is 2.20. The summed E-state index contributed by atoms with van der Waals surface area (Å²) in [5.74, 6) is 0.0874. The molecule has 440 valence electrons. The van der Waals surface area contributed by atoms with Crippen molar-refractivity contribution >= 4 is 17.9 Å². The third-order valence-electron chi connectivity index (χ3n) is 16.2. The molecule has 0 rings (SSSR count). The topological polar surface area (TPSA) is 78.9 Å². The van der Waals surface area contributed by atoms with E-state index >= 15 is 0 Å². The van der Waals surface area contributed by atoms with E-state index in [0.29, 0.717) is 19.3 Å². The van der Waals surface area contributed by atoms with Crippen LogP contribution in [-0.4, -0.2) is 37.2 Å². The van der Waals surface area contributed by atoms with Gasteiger partial charge in [-0.25, -0.2) is 0 Å².